The van der Waals surface area contributed by atoms with Crippen molar-refractivity contribution < 1.29 is 22.7 Å². The first kappa shape index (κ1) is 23.2. The molecule has 9 heteroatoms. The van der Waals surface area contributed by atoms with Crippen LogP contribution in [-0.2, 0) is 21.3 Å². The zero-order valence-corrected chi connectivity index (χ0v) is 18.1. The number of nitrogens with one attached hydrogen (secondary N) is 2. The Hall–Kier alpha value is -2.13. The van der Waals surface area contributed by atoms with Crippen molar-refractivity contribution in [3.8, 4) is 5.75 Å². The summed E-state index contributed by atoms with van der Waals surface area (Å²) in [7, 11) is -2.12. The minimum absolute atomic E-state index is 0.0155. The van der Waals surface area contributed by atoms with Crippen LogP contribution >= 0.6 is 11.6 Å². The highest BCUT2D eigenvalue weighted by Crippen LogP contribution is 2.21. The number of rotatable bonds is 10. The molecular weight excluding hydrogens is 416 g/mol. The van der Waals surface area contributed by atoms with Crippen molar-refractivity contribution in [2.24, 2.45) is 0 Å². The Morgan fingerprint density at radius 1 is 1.10 bits per heavy atom. The summed E-state index contributed by atoms with van der Waals surface area (Å²) in [5.74, 6) is 0.243. The lowest BCUT2D eigenvalue weighted by atomic mass is 10.2. The Balaban J connectivity index is 2.04. The first-order valence-corrected chi connectivity index (χ1v) is 10.9. The molecule has 2 aromatic carbocycles. The molecule has 0 saturated carbocycles. The third kappa shape index (κ3) is 7.01. The van der Waals surface area contributed by atoms with E-state index in [2.05, 4.69) is 10.0 Å². The minimum atomic E-state index is -3.73. The summed E-state index contributed by atoms with van der Waals surface area (Å²) in [5, 5.41) is 2.92. The van der Waals surface area contributed by atoms with Crippen LogP contribution in [0.2, 0.25) is 5.02 Å². The van der Waals surface area contributed by atoms with Gasteiger partial charge in [0, 0.05) is 19.7 Å². The highest BCUT2D eigenvalue weighted by Gasteiger charge is 2.19. The van der Waals surface area contributed by atoms with Crippen LogP contribution in [-0.4, -0.2) is 40.7 Å². The van der Waals surface area contributed by atoms with Crippen LogP contribution in [0.4, 0.5) is 0 Å². The summed E-state index contributed by atoms with van der Waals surface area (Å²) < 4.78 is 37.6. The molecule has 158 valence electrons. The quantitative estimate of drug-likeness (QED) is 0.554. The first-order chi connectivity index (χ1) is 13.7. The maximum Gasteiger partial charge on any atom is 0.253 e. The molecule has 0 fully saturated rings. The van der Waals surface area contributed by atoms with Crippen molar-refractivity contribution in [1.82, 2.24) is 10.0 Å². The van der Waals surface area contributed by atoms with E-state index in [1.807, 2.05) is 12.1 Å². The van der Waals surface area contributed by atoms with E-state index < -0.39 is 15.9 Å². The first-order valence-electron chi connectivity index (χ1n) is 9.03. The Morgan fingerprint density at radius 3 is 2.41 bits per heavy atom. The van der Waals surface area contributed by atoms with Crippen molar-refractivity contribution in [1.29, 1.82) is 0 Å². The highest BCUT2D eigenvalue weighted by atomic mass is 35.5. The Kier molecular flexibility index (Phi) is 8.45. The number of carbonyl (C=O) groups excluding carboxylic acids is 1. The molecule has 0 spiro atoms. The number of carbonyl (C=O) groups is 1. The van der Waals surface area contributed by atoms with Crippen molar-refractivity contribution in [2.45, 2.75) is 31.3 Å². The summed E-state index contributed by atoms with van der Waals surface area (Å²) in [6.07, 6.45) is 0. The maximum absolute atomic E-state index is 12.5. The fourth-order valence-electron chi connectivity index (χ4n) is 2.45. The molecule has 0 aromatic heterocycles. The summed E-state index contributed by atoms with van der Waals surface area (Å²) in [6.45, 7) is 4.65. The molecule has 2 aromatic rings. The molecule has 0 aliphatic carbocycles. The van der Waals surface area contributed by atoms with Crippen LogP contribution in [0, 0.1) is 0 Å². The largest absolute Gasteiger partial charge is 0.491 e. The Labute approximate surface area is 176 Å². The Morgan fingerprint density at radius 2 is 1.79 bits per heavy atom. The summed E-state index contributed by atoms with van der Waals surface area (Å²) >= 11 is 6.11. The van der Waals surface area contributed by atoms with Crippen LogP contribution in [0.1, 0.15) is 29.8 Å². The predicted octanol–water partition coefficient (Wildman–Crippen LogP) is 2.98. The van der Waals surface area contributed by atoms with Gasteiger partial charge in [-0.05, 0) is 49.7 Å². The molecule has 0 saturated heterocycles. The van der Waals surface area contributed by atoms with Crippen LogP contribution < -0.4 is 14.8 Å². The fraction of sp³-hybridized carbons (Fsp3) is 0.350. The SMILES string of the molecule is COCCOc1ccc(CNC(=O)c2cc(S(=O)(=O)NC(C)C)ccc2Cl)cc1. The molecule has 29 heavy (non-hydrogen) atoms. The molecule has 0 aliphatic rings. The van der Waals surface area contributed by atoms with Crippen LogP contribution in [0.5, 0.6) is 5.75 Å². The number of hydrogen-bond donors (Lipinski definition) is 2. The van der Waals surface area contributed by atoms with E-state index in [-0.39, 0.29) is 28.1 Å². The van der Waals surface area contributed by atoms with E-state index in [0.29, 0.717) is 19.0 Å². The van der Waals surface area contributed by atoms with E-state index in [1.54, 1.807) is 33.1 Å². The molecule has 2 N–H and O–H groups in total. The van der Waals surface area contributed by atoms with Crippen molar-refractivity contribution in [3.63, 3.8) is 0 Å². The average molecular weight is 441 g/mol. The normalized spacial score (nSPS) is 11.5. The lowest BCUT2D eigenvalue weighted by Gasteiger charge is -2.12. The van der Waals surface area contributed by atoms with Crippen LogP contribution in [0.15, 0.2) is 47.4 Å². The average Bonchev–Trinajstić information content (AvgIpc) is 2.66. The molecule has 7 nitrogen and oxygen atoms in total. The monoisotopic (exact) mass is 440 g/mol. The zero-order valence-electron chi connectivity index (χ0n) is 16.6. The molecule has 0 unspecified atom stereocenters. The molecule has 0 heterocycles. The second-order valence-corrected chi connectivity index (χ2v) is 8.71. The van der Waals surface area contributed by atoms with Gasteiger partial charge in [-0.1, -0.05) is 23.7 Å². The Bertz CT molecular complexity index is 930. The number of sulfonamides is 1. The molecule has 0 bridgehead atoms. The smallest absolute Gasteiger partial charge is 0.253 e. The van der Waals surface area contributed by atoms with Crippen molar-refractivity contribution >= 4 is 27.5 Å². The van der Waals surface area contributed by atoms with Crippen LogP contribution in [0.25, 0.3) is 0 Å². The maximum atomic E-state index is 12.5. The number of amides is 1. The lowest BCUT2D eigenvalue weighted by molar-refractivity contribution is 0.0951. The molecule has 0 radical (unpaired) electrons. The van der Waals surface area contributed by atoms with Gasteiger partial charge in [0.25, 0.3) is 5.91 Å². The zero-order chi connectivity index (χ0) is 21.4. The second-order valence-electron chi connectivity index (χ2n) is 6.59. The lowest BCUT2D eigenvalue weighted by Crippen LogP contribution is -2.30. The van der Waals surface area contributed by atoms with Crippen LogP contribution in [0.3, 0.4) is 0 Å². The summed E-state index contributed by atoms with van der Waals surface area (Å²) in [6, 6.07) is 11.0. The molecule has 2 rings (SSSR count). The molecule has 0 aliphatic heterocycles. The third-order valence-corrected chi connectivity index (χ3v) is 5.80. The van der Waals surface area contributed by atoms with Crippen molar-refractivity contribution in [3.05, 3.63) is 58.6 Å². The van der Waals surface area contributed by atoms with E-state index in [0.717, 1.165) is 5.56 Å². The van der Waals surface area contributed by atoms with Gasteiger partial charge in [0.15, 0.2) is 0 Å². The minimum Gasteiger partial charge on any atom is -0.491 e. The van der Waals surface area contributed by atoms with Gasteiger partial charge in [0.2, 0.25) is 10.0 Å². The van der Waals surface area contributed by atoms with Gasteiger partial charge >= 0.3 is 0 Å². The van der Waals surface area contributed by atoms with Gasteiger partial charge in [-0.2, -0.15) is 0 Å². The molecule has 0 atom stereocenters. The topological polar surface area (TPSA) is 93.7 Å². The van der Waals surface area contributed by atoms with E-state index >= 15 is 0 Å². The van der Waals surface area contributed by atoms with Gasteiger partial charge in [0.1, 0.15) is 12.4 Å². The summed E-state index contributed by atoms with van der Waals surface area (Å²) in [4.78, 5) is 12.5. The van der Waals surface area contributed by atoms with Gasteiger partial charge in [-0.3, -0.25) is 4.79 Å². The number of methoxy groups -OCH3 is 1. The van der Waals surface area contributed by atoms with Gasteiger partial charge in [0.05, 0.1) is 22.1 Å². The highest BCUT2D eigenvalue weighted by molar-refractivity contribution is 7.89. The van der Waals surface area contributed by atoms with E-state index in [9.17, 15) is 13.2 Å². The fourth-order valence-corrected chi connectivity index (χ4v) is 3.93. The number of hydrogen-bond acceptors (Lipinski definition) is 5. The number of halogens is 1. The number of ether oxygens (including phenoxy) is 2. The summed E-state index contributed by atoms with van der Waals surface area (Å²) in [5.41, 5.74) is 0.955. The van der Waals surface area contributed by atoms with E-state index in [1.165, 1.54) is 18.2 Å². The third-order valence-electron chi connectivity index (χ3n) is 3.82. The standard InChI is InChI=1S/C20H25ClN2O5S/c1-14(2)23-29(25,26)17-8-9-19(21)18(12-17)20(24)22-13-15-4-6-16(7-5-15)28-11-10-27-3/h4-9,12,14,23H,10-11,13H2,1-3H3,(H,22,24). The van der Waals surface area contributed by atoms with Gasteiger partial charge in [-0.15, -0.1) is 0 Å². The number of benzene rings is 2. The van der Waals surface area contributed by atoms with Crippen molar-refractivity contribution in [2.75, 3.05) is 20.3 Å². The van der Waals surface area contributed by atoms with Gasteiger partial charge in [-0.25, -0.2) is 13.1 Å². The molecular formula is C20H25ClN2O5S. The molecule has 1 amide bonds. The van der Waals surface area contributed by atoms with E-state index in [4.69, 9.17) is 21.1 Å². The second kappa shape index (κ2) is 10.6. The predicted molar refractivity (Wildman–Crippen MR) is 112 cm³/mol. The van der Waals surface area contributed by atoms with Gasteiger partial charge < -0.3 is 14.8 Å².